The van der Waals surface area contributed by atoms with Gasteiger partial charge in [-0.25, -0.2) is 4.98 Å². The van der Waals surface area contributed by atoms with E-state index in [2.05, 4.69) is 29.1 Å². The molecule has 2 rings (SSSR count). The second-order valence-electron chi connectivity index (χ2n) is 5.36. The average molecular weight is 259 g/mol. The number of nitrogens with zero attached hydrogens (tertiary/aromatic N) is 1. The predicted octanol–water partition coefficient (Wildman–Crippen LogP) is 3.18. The Bertz CT molecular complexity index is 526. The summed E-state index contributed by atoms with van der Waals surface area (Å²) in [5, 5.41) is 2.98. The summed E-state index contributed by atoms with van der Waals surface area (Å²) in [6.07, 6.45) is 1.49. The van der Waals surface area contributed by atoms with Crippen LogP contribution in [-0.4, -0.2) is 15.9 Å². The zero-order valence-corrected chi connectivity index (χ0v) is 11.7. The third kappa shape index (κ3) is 3.56. The van der Waals surface area contributed by atoms with Crippen molar-refractivity contribution in [1.29, 1.82) is 0 Å². The first-order valence-electron chi connectivity index (χ1n) is 6.80. The molecule has 1 heterocycles. The molecule has 1 atom stereocenters. The molecular weight excluding hydrogens is 238 g/mol. The van der Waals surface area contributed by atoms with Gasteiger partial charge in [-0.1, -0.05) is 26.0 Å². The van der Waals surface area contributed by atoms with Crippen LogP contribution in [0.4, 0.5) is 0 Å². The van der Waals surface area contributed by atoms with E-state index in [1.807, 2.05) is 31.2 Å². The van der Waals surface area contributed by atoms with E-state index < -0.39 is 0 Å². The molecule has 0 saturated heterocycles. The van der Waals surface area contributed by atoms with E-state index in [1.165, 1.54) is 0 Å². The van der Waals surface area contributed by atoms with Gasteiger partial charge in [-0.2, -0.15) is 0 Å². The van der Waals surface area contributed by atoms with Crippen LogP contribution in [0.15, 0.2) is 24.3 Å². The monoisotopic (exact) mass is 259 g/mol. The third-order valence-electron chi connectivity index (χ3n) is 3.14. The van der Waals surface area contributed by atoms with E-state index in [4.69, 9.17) is 0 Å². The molecule has 0 saturated carbocycles. The minimum Gasteiger partial charge on any atom is -0.346 e. The van der Waals surface area contributed by atoms with Crippen LogP contribution >= 0.6 is 0 Å². The highest BCUT2D eigenvalue weighted by Crippen LogP contribution is 2.15. The number of H-pyrrole nitrogens is 1. The lowest BCUT2D eigenvalue weighted by molar-refractivity contribution is -0.122. The molecule has 0 bridgehead atoms. The Balaban J connectivity index is 1.99. The number of imidazole rings is 1. The quantitative estimate of drug-likeness (QED) is 0.866. The SMILES string of the molecule is CC(C)CCC(=O)NC(C)c1nc2ccccc2[nH]1. The maximum Gasteiger partial charge on any atom is 0.220 e. The summed E-state index contributed by atoms with van der Waals surface area (Å²) in [5.74, 6) is 1.44. The van der Waals surface area contributed by atoms with Crippen LogP contribution in [0.25, 0.3) is 11.0 Å². The van der Waals surface area contributed by atoms with Crippen LogP contribution in [0.1, 0.15) is 45.5 Å². The molecule has 19 heavy (non-hydrogen) atoms. The number of amides is 1. The van der Waals surface area contributed by atoms with Gasteiger partial charge in [-0.3, -0.25) is 4.79 Å². The largest absolute Gasteiger partial charge is 0.346 e. The highest BCUT2D eigenvalue weighted by atomic mass is 16.1. The highest BCUT2D eigenvalue weighted by Gasteiger charge is 2.13. The lowest BCUT2D eigenvalue weighted by atomic mass is 10.1. The van der Waals surface area contributed by atoms with Gasteiger partial charge in [0.2, 0.25) is 5.91 Å². The topological polar surface area (TPSA) is 57.8 Å². The number of hydrogen-bond donors (Lipinski definition) is 2. The van der Waals surface area contributed by atoms with Crippen LogP contribution < -0.4 is 5.32 Å². The molecule has 0 fully saturated rings. The van der Waals surface area contributed by atoms with Crippen molar-refractivity contribution in [3.05, 3.63) is 30.1 Å². The van der Waals surface area contributed by atoms with Crippen molar-refractivity contribution in [2.75, 3.05) is 0 Å². The van der Waals surface area contributed by atoms with Crippen molar-refractivity contribution in [3.63, 3.8) is 0 Å². The molecule has 0 radical (unpaired) electrons. The highest BCUT2D eigenvalue weighted by molar-refractivity contribution is 5.77. The van der Waals surface area contributed by atoms with Crippen molar-refractivity contribution in [2.45, 2.75) is 39.7 Å². The Morgan fingerprint density at radius 2 is 2.05 bits per heavy atom. The Labute approximate surface area is 113 Å². The summed E-state index contributed by atoms with van der Waals surface area (Å²) in [7, 11) is 0. The van der Waals surface area contributed by atoms with Crippen LogP contribution in [0.2, 0.25) is 0 Å². The first-order chi connectivity index (χ1) is 9.06. The minimum absolute atomic E-state index is 0.0849. The standard InChI is InChI=1S/C15H21N3O/c1-10(2)8-9-14(19)16-11(3)15-17-12-6-4-5-7-13(12)18-15/h4-7,10-11H,8-9H2,1-3H3,(H,16,19)(H,17,18). The average Bonchev–Trinajstić information content (AvgIpc) is 2.80. The molecule has 1 aromatic carbocycles. The number of benzene rings is 1. The smallest absolute Gasteiger partial charge is 0.220 e. The maximum atomic E-state index is 11.8. The predicted molar refractivity (Wildman–Crippen MR) is 76.7 cm³/mol. The van der Waals surface area contributed by atoms with Gasteiger partial charge in [0.05, 0.1) is 17.1 Å². The second kappa shape index (κ2) is 5.87. The van der Waals surface area contributed by atoms with Crippen LogP contribution in [-0.2, 0) is 4.79 Å². The Kier molecular flexibility index (Phi) is 4.20. The minimum atomic E-state index is -0.0907. The molecule has 0 spiro atoms. The summed E-state index contributed by atoms with van der Waals surface area (Å²) in [6.45, 7) is 6.19. The number of nitrogens with one attached hydrogen (secondary N) is 2. The Morgan fingerprint density at radius 3 is 2.74 bits per heavy atom. The molecule has 4 heteroatoms. The zero-order chi connectivity index (χ0) is 13.8. The fraction of sp³-hybridized carbons (Fsp3) is 0.467. The third-order valence-corrected chi connectivity index (χ3v) is 3.14. The van der Waals surface area contributed by atoms with E-state index >= 15 is 0 Å². The fourth-order valence-corrected chi connectivity index (χ4v) is 1.98. The molecule has 2 aromatic rings. The summed E-state index contributed by atoms with van der Waals surface area (Å²) < 4.78 is 0. The number of carbonyl (C=O) groups is 1. The summed E-state index contributed by atoms with van der Waals surface area (Å²) in [6, 6.07) is 7.78. The Morgan fingerprint density at radius 1 is 1.32 bits per heavy atom. The van der Waals surface area contributed by atoms with E-state index in [-0.39, 0.29) is 11.9 Å². The number of fused-ring (bicyclic) bond motifs is 1. The molecule has 0 aliphatic rings. The number of hydrogen-bond acceptors (Lipinski definition) is 2. The van der Waals surface area contributed by atoms with Crippen molar-refractivity contribution in [1.82, 2.24) is 15.3 Å². The van der Waals surface area contributed by atoms with Crippen molar-refractivity contribution in [2.24, 2.45) is 5.92 Å². The summed E-state index contributed by atoms with van der Waals surface area (Å²) in [4.78, 5) is 19.5. The molecule has 2 N–H and O–H groups in total. The van der Waals surface area contributed by atoms with Gasteiger partial charge in [0, 0.05) is 6.42 Å². The van der Waals surface area contributed by atoms with E-state index in [1.54, 1.807) is 0 Å². The van der Waals surface area contributed by atoms with Crippen molar-refractivity contribution in [3.8, 4) is 0 Å². The molecule has 0 aliphatic carbocycles. The first kappa shape index (κ1) is 13.6. The second-order valence-corrected chi connectivity index (χ2v) is 5.36. The van der Waals surface area contributed by atoms with Gasteiger partial charge in [-0.05, 0) is 31.4 Å². The molecule has 1 unspecified atom stereocenters. The normalized spacial score (nSPS) is 12.8. The molecule has 4 nitrogen and oxygen atoms in total. The summed E-state index contributed by atoms with van der Waals surface area (Å²) >= 11 is 0. The van der Waals surface area contributed by atoms with Crippen molar-refractivity contribution < 1.29 is 4.79 Å². The number of carbonyl (C=O) groups excluding carboxylic acids is 1. The lowest BCUT2D eigenvalue weighted by Crippen LogP contribution is -2.27. The number of rotatable bonds is 5. The Hall–Kier alpha value is -1.84. The van der Waals surface area contributed by atoms with Gasteiger partial charge in [0.25, 0.3) is 0 Å². The lowest BCUT2D eigenvalue weighted by Gasteiger charge is -2.12. The van der Waals surface area contributed by atoms with Gasteiger partial charge in [0.15, 0.2) is 0 Å². The van der Waals surface area contributed by atoms with Gasteiger partial charge in [0.1, 0.15) is 5.82 Å². The fourth-order valence-electron chi connectivity index (χ4n) is 1.98. The number of aromatic nitrogens is 2. The van der Waals surface area contributed by atoms with Gasteiger partial charge < -0.3 is 10.3 Å². The van der Waals surface area contributed by atoms with Crippen molar-refractivity contribution >= 4 is 16.9 Å². The first-order valence-corrected chi connectivity index (χ1v) is 6.80. The maximum absolute atomic E-state index is 11.8. The molecule has 0 aliphatic heterocycles. The van der Waals surface area contributed by atoms with E-state index in [9.17, 15) is 4.79 Å². The van der Waals surface area contributed by atoms with Crippen LogP contribution in [0, 0.1) is 5.92 Å². The number of aromatic amines is 1. The summed E-state index contributed by atoms with van der Waals surface area (Å²) in [5.41, 5.74) is 1.93. The molecule has 1 aromatic heterocycles. The molecule has 1 amide bonds. The van der Waals surface area contributed by atoms with Gasteiger partial charge in [-0.15, -0.1) is 0 Å². The number of para-hydroxylation sites is 2. The van der Waals surface area contributed by atoms with E-state index in [0.29, 0.717) is 12.3 Å². The van der Waals surface area contributed by atoms with E-state index in [0.717, 1.165) is 23.3 Å². The van der Waals surface area contributed by atoms with Crippen LogP contribution in [0.5, 0.6) is 0 Å². The van der Waals surface area contributed by atoms with Gasteiger partial charge >= 0.3 is 0 Å². The molecule has 102 valence electrons. The van der Waals surface area contributed by atoms with Crippen LogP contribution in [0.3, 0.4) is 0 Å². The zero-order valence-electron chi connectivity index (χ0n) is 11.7. The molecular formula is C15H21N3O.